The molecule has 1 fully saturated rings. The molecule has 2 rings (SSSR count). The van der Waals surface area contributed by atoms with Crippen LogP contribution in [-0.2, 0) is 0 Å². The van der Waals surface area contributed by atoms with Gasteiger partial charge < -0.3 is 10.1 Å². The molecule has 0 saturated carbocycles. The number of hydrogen-bond acceptors (Lipinski definition) is 3. The van der Waals surface area contributed by atoms with Crippen molar-refractivity contribution in [3.63, 3.8) is 0 Å². The number of ether oxygens (including phenoxy) is 1. The van der Waals surface area contributed by atoms with Crippen LogP contribution < -0.4 is 10.1 Å². The molecule has 0 aromatic carbocycles. The van der Waals surface area contributed by atoms with Crippen molar-refractivity contribution < 1.29 is 4.74 Å². The predicted molar refractivity (Wildman–Crippen MR) is 46.6 cm³/mol. The molecule has 2 heterocycles. The van der Waals surface area contributed by atoms with E-state index >= 15 is 0 Å². The zero-order valence-corrected chi connectivity index (χ0v) is 7.41. The summed E-state index contributed by atoms with van der Waals surface area (Å²) in [4.78, 5) is 0. The quantitative estimate of drug-likeness (QED) is 0.766. The Labute approximate surface area is 74.1 Å². The van der Waals surface area contributed by atoms with E-state index in [2.05, 4.69) is 5.32 Å². The Morgan fingerprint density at radius 1 is 1.64 bits per heavy atom. The summed E-state index contributed by atoms with van der Waals surface area (Å²) in [6.45, 7) is 1.91. The van der Waals surface area contributed by atoms with E-state index in [1.165, 1.54) is 0 Å². The van der Waals surface area contributed by atoms with Gasteiger partial charge in [-0.1, -0.05) is 11.6 Å². The van der Waals surface area contributed by atoms with Crippen molar-refractivity contribution in [2.24, 2.45) is 0 Å². The number of rotatable bonds is 2. The Morgan fingerprint density at radius 3 is 2.91 bits per heavy atom. The maximum absolute atomic E-state index is 5.72. The summed E-state index contributed by atoms with van der Waals surface area (Å²) in [6.07, 6.45) is 0.352. The van der Waals surface area contributed by atoms with Gasteiger partial charge in [0.1, 0.15) is 6.10 Å². The normalized spacial score (nSPS) is 17.9. The molecular formula is C7H8ClNOS. The Morgan fingerprint density at radius 2 is 2.45 bits per heavy atom. The molecule has 1 saturated heterocycles. The first-order chi connectivity index (χ1) is 5.34. The molecule has 1 aromatic rings. The topological polar surface area (TPSA) is 21.3 Å². The largest absolute Gasteiger partial charge is 0.478 e. The molecule has 2 nitrogen and oxygen atoms in total. The van der Waals surface area contributed by atoms with Crippen LogP contribution in [0.25, 0.3) is 0 Å². The van der Waals surface area contributed by atoms with Gasteiger partial charge in [0.25, 0.3) is 0 Å². The molecule has 1 aliphatic rings. The lowest BCUT2D eigenvalue weighted by Crippen LogP contribution is -2.50. The van der Waals surface area contributed by atoms with Crippen molar-refractivity contribution in [2.75, 3.05) is 13.1 Å². The summed E-state index contributed by atoms with van der Waals surface area (Å²) in [5, 5.41) is 6.69. The molecule has 0 radical (unpaired) electrons. The van der Waals surface area contributed by atoms with Gasteiger partial charge in [-0.05, 0) is 0 Å². The molecule has 0 aliphatic carbocycles. The van der Waals surface area contributed by atoms with Crippen LogP contribution in [0.1, 0.15) is 0 Å². The van der Waals surface area contributed by atoms with Crippen molar-refractivity contribution >= 4 is 22.9 Å². The van der Waals surface area contributed by atoms with E-state index in [0.717, 1.165) is 23.2 Å². The smallest absolute Gasteiger partial charge is 0.175 e. The van der Waals surface area contributed by atoms with Gasteiger partial charge >= 0.3 is 0 Å². The molecule has 0 amide bonds. The summed E-state index contributed by atoms with van der Waals surface area (Å²) in [5.74, 6) is 0. The lowest BCUT2D eigenvalue weighted by Gasteiger charge is -2.26. The van der Waals surface area contributed by atoms with Crippen LogP contribution in [-0.4, -0.2) is 19.2 Å². The van der Waals surface area contributed by atoms with Crippen LogP contribution in [0.15, 0.2) is 11.4 Å². The SMILES string of the molecule is Clc1csc(OC2CNC2)c1. The summed E-state index contributed by atoms with van der Waals surface area (Å²) >= 11 is 7.27. The minimum Gasteiger partial charge on any atom is -0.478 e. The fourth-order valence-corrected chi connectivity index (χ4v) is 1.85. The number of nitrogens with one attached hydrogen (secondary N) is 1. The van der Waals surface area contributed by atoms with Gasteiger partial charge in [0.05, 0.1) is 5.02 Å². The minimum atomic E-state index is 0.352. The molecule has 60 valence electrons. The first kappa shape index (κ1) is 7.40. The van der Waals surface area contributed by atoms with E-state index < -0.39 is 0 Å². The molecule has 0 unspecified atom stereocenters. The second kappa shape index (κ2) is 3.01. The van der Waals surface area contributed by atoms with Crippen LogP contribution in [0, 0.1) is 0 Å². The minimum absolute atomic E-state index is 0.352. The number of thiophene rings is 1. The van der Waals surface area contributed by atoms with E-state index in [-0.39, 0.29) is 0 Å². The maximum Gasteiger partial charge on any atom is 0.175 e. The third-order valence-electron chi connectivity index (χ3n) is 1.57. The van der Waals surface area contributed by atoms with E-state index in [4.69, 9.17) is 16.3 Å². The van der Waals surface area contributed by atoms with Gasteiger partial charge in [-0.3, -0.25) is 0 Å². The van der Waals surface area contributed by atoms with Gasteiger partial charge in [-0.25, -0.2) is 0 Å². The Bertz CT molecular complexity index is 246. The Hall–Kier alpha value is -0.250. The molecule has 1 N–H and O–H groups in total. The van der Waals surface area contributed by atoms with Crippen molar-refractivity contribution in [3.8, 4) is 5.06 Å². The molecular weight excluding hydrogens is 182 g/mol. The average molecular weight is 190 g/mol. The molecule has 4 heteroatoms. The van der Waals surface area contributed by atoms with E-state index in [9.17, 15) is 0 Å². The van der Waals surface area contributed by atoms with Gasteiger partial charge in [-0.15, -0.1) is 11.3 Å². The Balaban J connectivity index is 1.95. The highest BCUT2D eigenvalue weighted by molar-refractivity contribution is 7.12. The van der Waals surface area contributed by atoms with Gasteiger partial charge in [0.2, 0.25) is 0 Å². The number of halogens is 1. The van der Waals surface area contributed by atoms with Gasteiger partial charge in [0, 0.05) is 24.5 Å². The first-order valence-corrected chi connectivity index (χ1v) is 4.72. The predicted octanol–water partition coefficient (Wildman–Crippen LogP) is 1.75. The van der Waals surface area contributed by atoms with Crippen molar-refractivity contribution in [2.45, 2.75) is 6.10 Å². The lowest BCUT2D eigenvalue weighted by atomic mass is 10.2. The van der Waals surface area contributed by atoms with Crippen LogP contribution in [0.4, 0.5) is 0 Å². The molecule has 0 spiro atoms. The summed E-state index contributed by atoms with van der Waals surface area (Å²) in [7, 11) is 0. The maximum atomic E-state index is 5.72. The van der Waals surface area contributed by atoms with Gasteiger partial charge in [0.15, 0.2) is 5.06 Å². The van der Waals surface area contributed by atoms with Crippen molar-refractivity contribution in [1.29, 1.82) is 0 Å². The third kappa shape index (κ3) is 1.67. The summed E-state index contributed by atoms with van der Waals surface area (Å²) in [6, 6.07) is 1.85. The highest BCUT2D eigenvalue weighted by atomic mass is 35.5. The average Bonchev–Trinajstić information content (AvgIpc) is 2.27. The summed E-state index contributed by atoms with van der Waals surface area (Å²) < 4.78 is 5.54. The van der Waals surface area contributed by atoms with Crippen molar-refractivity contribution in [1.82, 2.24) is 5.32 Å². The molecule has 11 heavy (non-hydrogen) atoms. The standard InChI is InChI=1S/C7H8ClNOS/c8-5-1-7(11-4-5)10-6-2-9-3-6/h1,4,6,9H,2-3H2. The zero-order chi connectivity index (χ0) is 7.68. The van der Waals surface area contributed by atoms with Gasteiger partial charge in [-0.2, -0.15) is 0 Å². The monoisotopic (exact) mass is 189 g/mol. The molecule has 1 aliphatic heterocycles. The second-order valence-electron chi connectivity index (χ2n) is 2.48. The third-order valence-corrected chi connectivity index (χ3v) is 2.74. The van der Waals surface area contributed by atoms with Crippen molar-refractivity contribution in [3.05, 3.63) is 16.5 Å². The fraction of sp³-hybridized carbons (Fsp3) is 0.429. The molecule has 0 bridgehead atoms. The van der Waals surface area contributed by atoms with E-state index in [1.54, 1.807) is 11.3 Å². The number of hydrogen-bond donors (Lipinski definition) is 1. The Kier molecular flexibility index (Phi) is 2.02. The zero-order valence-electron chi connectivity index (χ0n) is 5.84. The van der Waals surface area contributed by atoms with Crippen LogP contribution in [0.3, 0.4) is 0 Å². The van der Waals surface area contributed by atoms with Crippen LogP contribution >= 0.6 is 22.9 Å². The van der Waals surface area contributed by atoms with E-state index in [1.807, 2.05) is 11.4 Å². The highest BCUT2D eigenvalue weighted by Gasteiger charge is 2.18. The summed E-state index contributed by atoms with van der Waals surface area (Å²) in [5.41, 5.74) is 0. The van der Waals surface area contributed by atoms with E-state index in [0.29, 0.717) is 6.10 Å². The lowest BCUT2D eigenvalue weighted by molar-refractivity contribution is 0.147. The molecule has 1 aromatic heterocycles. The van der Waals surface area contributed by atoms with Crippen LogP contribution in [0.2, 0.25) is 5.02 Å². The highest BCUT2D eigenvalue weighted by Crippen LogP contribution is 2.27. The second-order valence-corrected chi connectivity index (χ2v) is 3.79. The fourth-order valence-electron chi connectivity index (χ4n) is 0.867. The van der Waals surface area contributed by atoms with Crippen LogP contribution in [0.5, 0.6) is 5.06 Å². The first-order valence-electron chi connectivity index (χ1n) is 3.46. The molecule has 0 atom stereocenters.